The van der Waals surface area contributed by atoms with E-state index in [0.29, 0.717) is 26.2 Å². The number of nitrogens with zero attached hydrogens (tertiary/aromatic N) is 2. The molecule has 1 aliphatic rings. The van der Waals surface area contributed by atoms with Crippen molar-refractivity contribution in [2.24, 2.45) is 0 Å². The SMILES string of the molecule is CCCOCc1c(OC(Cn2ccnc2)c2ccccc2)ccc2c1CCCC2=O. The minimum Gasteiger partial charge on any atom is -0.483 e. The fourth-order valence-corrected chi connectivity index (χ4v) is 3.98. The van der Waals surface area contributed by atoms with E-state index in [9.17, 15) is 4.79 Å². The fourth-order valence-electron chi connectivity index (χ4n) is 3.98. The minimum absolute atomic E-state index is 0.178. The molecule has 4 rings (SSSR count). The quantitative estimate of drug-likeness (QED) is 0.463. The van der Waals surface area contributed by atoms with Crippen molar-refractivity contribution in [3.8, 4) is 5.75 Å². The maximum atomic E-state index is 12.4. The summed E-state index contributed by atoms with van der Waals surface area (Å²) in [5, 5.41) is 0. The van der Waals surface area contributed by atoms with Crippen LogP contribution in [0.2, 0.25) is 0 Å². The second-order valence-electron chi connectivity index (χ2n) is 7.67. The van der Waals surface area contributed by atoms with E-state index in [0.717, 1.165) is 47.3 Å². The van der Waals surface area contributed by atoms with Gasteiger partial charge in [-0.2, -0.15) is 0 Å². The normalized spacial score (nSPS) is 14.4. The number of hydrogen-bond acceptors (Lipinski definition) is 4. The van der Waals surface area contributed by atoms with E-state index in [1.54, 1.807) is 12.5 Å². The van der Waals surface area contributed by atoms with Gasteiger partial charge in [0.05, 0.1) is 19.5 Å². The third-order valence-corrected chi connectivity index (χ3v) is 5.49. The smallest absolute Gasteiger partial charge is 0.163 e. The average molecular weight is 405 g/mol. The van der Waals surface area contributed by atoms with E-state index in [1.807, 2.05) is 41.1 Å². The molecule has 1 aromatic heterocycles. The van der Waals surface area contributed by atoms with Crippen molar-refractivity contribution in [2.75, 3.05) is 6.61 Å². The molecule has 2 aromatic carbocycles. The van der Waals surface area contributed by atoms with Crippen LogP contribution in [0.1, 0.15) is 59.3 Å². The van der Waals surface area contributed by atoms with Crippen molar-refractivity contribution < 1.29 is 14.3 Å². The lowest BCUT2D eigenvalue weighted by atomic mass is 9.87. The molecule has 5 heteroatoms. The highest BCUT2D eigenvalue weighted by atomic mass is 16.5. The lowest BCUT2D eigenvalue weighted by Crippen LogP contribution is -2.18. The van der Waals surface area contributed by atoms with Crippen LogP contribution >= 0.6 is 0 Å². The molecule has 0 saturated heterocycles. The number of rotatable bonds is 9. The Morgan fingerprint density at radius 1 is 1.13 bits per heavy atom. The molecule has 0 bridgehead atoms. The first-order chi connectivity index (χ1) is 14.8. The maximum Gasteiger partial charge on any atom is 0.163 e. The van der Waals surface area contributed by atoms with Crippen molar-refractivity contribution in [3.05, 3.63) is 83.4 Å². The Morgan fingerprint density at radius 2 is 2.00 bits per heavy atom. The topological polar surface area (TPSA) is 53.4 Å². The van der Waals surface area contributed by atoms with E-state index >= 15 is 0 Å². The zero-order chi connectivity index (χ0) is 20.8. The minimum atomic E-state index is -0.178. The Bertz CT molecular complexity index is 968. The van der Waals surface area contributed by atoms with Gasteiger partial charge in [-0.25, -0.2) is 4.98 Å². The van der Waals surface area contributed by atoms with Gasteiger partial charge in [-0.05, 0) is 42.5 Å². The zero-order valence-electron chi connectivity index (χ0n) is 17.4. The molecule has 0 amide bonds. The highest BCUT2D eigenvalue weighted by molar-refractivity contribution is 5.99. The number of aromatic nitrogens is 2. The van der Waals surface area contributed by atoms with Crippen molar-refractivity contribution in [1.82, 2.24) is 9.55 Å². The van der Waals surface area contributed by atoms with Gasteiger partial charge in [-0.1, -0.05) is 37.3 Å². The van der Waals surface area contributed by atoms with Crippen LogP contribution in [0.4, 0.5) is 0 Å². The highest BCUT2D eigenvalue weighted by Crippen LogP contribution is 2.34. The number of ether oxygens (including phenoxy) is 2. The molecular formula is C25H28N2O3. The molecule has 0 saturated carbocycles. The summed E-state index contributed by atoms with van der Waals surface area (Å²) in [5.74, 6) is 1.02. The van der Waals surface area contributed by atoms with Crippen LogP contribution in [0.3, 0.4) is 0 Å². The molecule has 0 aliphatic heterocycles. The monoisotopic (exact) mass is 404 g/mol. The molecule has 0 spiro atoms. The van der Waals surface area contributed by atoms with Crippen molar-refractivity contribution in [1.29, 1.82) is 0 Å². The van der Waals surface area contributed by atoms with Crippen molar-refractivity contribution in [2.45, 2.75) is 51.9 Å². The number of carbonyl (C=O) groups is 1. The van der Waals surface area contributed by atoms with Crippen LogP contribution < -0.4 is 4.74 Å². The van der Waals surface area contributed by atoms with Gasteiger partial charge in [0.25, 0.3) is 0 Å². The zero-order valence-corrected chi connectivity index (χ0v) is 17.4. The largest absolute Gasteiger partial charge is 0.483 e. The number of benzene rings is 2. The van der Waals surface area contributed by atoms with Gasteiger partial charge >= 0.3 is 0 Å². The lowest BCUT2D eigenvalue weighted by molar-refractivity contribution is 0.0967. The summed E-state index contributed by atoms with van der Waals surface area (Å²) in [4.78, 5) is 16.6. The van der Waals surface area contributed by atoms with Crippen LogP contribution in [0.25, 0.3) is 0 Å². The van der Waals surface area contributed by atoms with Gasteiger partial charge in [0.15, 0.2) is 5.78 Å². The third kappa shape index (κ3) is 4.62. The molecule has 1 unspecified atom stereocenters. The summed E-state index contributed by atoms with van der Waals surface area (Å²) in [6.07, 6.45) is 8.69. The number of imidazole rings is 1. The van der Waals surface area contributed by atoms with Crippen LogP contribution in [-0.2, 0) is 24.3 Å². The van der Waals surface area contributed by atoms with Crippen LogP contribution in [0.5, 0.6) is 5.75 Å². The summed E-state index contributed by atoms with van der Waals surface area (Å²) in [7, 11) is 0. The van der Waals surface area contributed by atoms with E-state index in [2.05, 4.69) is 24.0 Å². The van der Waals surface area contributed by atoms with Crippen molar-refractivity contribution in [3.63, 3.8) is 0 Å². The second-order valence-corrected chi connectivity index (χ2v) is 7.67. The number of ketones is 1. The summed E-state index contributed by atoms with van der Waals surface area (Å²) >= 11 is 0. The summed E-state index contributed by atoms with van der Waals surface area (Å²) in [6.45, 7) is 3.90. The molecule has 0 radical (unpaired) electrons. The standard InChI is InChI=1S/C25H28N2O3/c1-2-15-29-17-22-20-9-6-10-23(28)21(20)11-12-24(22)30-25(16-27-14-13-26-18-27)19-7-4-3-5-8-19/h3-5,7-8,11-14,18,25H,2,6,9-10,15-17H2,1H3. The van der Waals surface area contributed by atoms with E-state index in [4.69, 9.17) is 9.47 Å². The molecule has 1 aliphatic carbocycles. The van der Waals surface area contributed by atoms with E-state index < -0.39 is 0 Å². The van der Waals surface area contributed by atoms with Crippen molar-refractivity contribution >= 4 is 5.78 Å². The predicted molar refractivity (Wildman–Crippen MR) is 116 cm³/mol. The van der Waals surface area contributed by atoms with Gasteiger partial charge in [0.1, 0.15) is 11.9 Å². The molecular weight excluding hydrogens is 376 g/mol. The molecule has 0 N–H and O–H groups in total. The molecule has 1 heterocycles. The lowest BCUT2D eigenvalue weighted by Gasteiger charge is -2.25. The first kappa shape index (κ1) is 20.4. The first-order valence-electron chi connectivity index (χ1n) is 10.7. The molecule has 0 fully saturated rings. The molecule has 156 valence electrons. The van der Waals surface area contributed by atoms with E-state index in [1.165, 1.54) is 0 Å². The van der Waals surface area contributed by atoms with E-state index in [-0.39, 0.29) is 11.9 Å². The van der Waals surface area contributed by atoms with Gasteiger partial charge in [-0.3, -0.25) is 4.79 Å². The number of fused-ring (bicyclic) bond motifs is 1. The molecule has 5 nitrogen and oxygen atoms in total. The fraction of sp³-hybridized carbons (Fsp3) is 0.360. The Labute approximate surface area is 177 Å². The van der Waals surface area contributed by atoms with Crippen LogP contribution in [0.15, 0.2) is 61.2 Å². The molecule has 1 atom stereocenters. The maximum absolute atomic E-state index is 12.4. The molecule has 3 aromatic rings. The highest BCUT2D eigenvalue weighted by Gasteiger charge is 2.24. The van der Waals surface area contributed by atoms with Crippen LogP contribution in [0, 0.1) is 0 Å². The van der Waals surface area contributed by atoms with Gasteiger partial charge < -0.3 is 14.0 Å². The first-order valence-corrected chi connectivity index (χ1v) is 10.7. The summed E-state index contributed by atoms with van der Waals surface area (Å²) in [6, 6.07) is 14.1. The van der Waals surface area contributed by atoms with Gasteiger partial charge in [0, 0.05) is 36.5 Å². The Morgan fingerprint density at radius 3 is 2.77 bits per heavy atom. The second kappa shape index (κ2) is 9.72. The Balaban J connectivity index is 1.68. The number of carbonyl (C=O) groups excluding carboxylic acids is 1. The van der Waals surface area contributed by atoms with Crippen LogP contribution in [-0.4, -0.2) is 21.9 Å². The van der Waals surface area contributed by atoms with Gasteiger partial charge in [0.2, 0.25) is 0 Å². The Kier molecular flexibility index (Phi) is 6.60. The third-order valence-electron chi connectivity index (χ3n) is 5.49. The predicted octanol–water partition coefficient (Wildman–Crippen LogP) is 5.15. The number of Topliss-reactive ketones (excluding diaryl/α,β-unsaturated/α-hetero) is 1. The molecule has 30 heavy (non-hydrogen) atoms. The average Bonchev–Trinajstić information content (AvgIpc) is 3.28. The summed E-state index contributed by atoms with van der Waals surface area (Å²) < 4.78 is 14.5. The summed E-state index contributed by atoms with van der Waals surface area (Å²) in [5.41, 5.74) is 4.03. The van der Waals surface area contributed by atoms with Gasteiger partial charge in [-0.15, -0.1) is 0 Å². The number of hydrogen-bond donors (Lipinski definition) is 0. The Hall–Kier alpha value is -2.92.